The summed E-state index contributed by atoms with van der Waals surface area (Å²) < 4.78 is 0.928. The molecule has 2 rings (SSSR count). The lowest BCUT2D eigenvalue weighted by atomic mass is 10.1. The molecule has 3 amide bonds. The number of amides is 3. The number of nitrogens with one attached hydrogen (secondary N) is 2. The monoisotopic (exact) mass is 380 g/mol. The van der Waals surface area contributed by atoms with Crippen molar-refractivity contribution in [2.24, 2.45) is 5.10 Å². The average Bonchev–Trinajstić information content (AvgIpc) is 2.50. The van der Waals surface area contributed by atoms with E-state index in [0.717, 1.165) is 10.0 Å². The van der Waals surface area contributed by atoms with Crippen LogP contribution in [0.1, 0.15) is 18.4 Å². The van der Waals surface area contributed by atoms with E-state index in [1.54, 1.807) is 6.07 Å². The van der Waals surface area contributed by atoms with Crippen molar-refractivity contribution in [1.82, 2.24) is 10.3 Å². The largest absolute Gasteiger partial charge is 0.331 e. The first-order chi connectivity index (χ1) is 10.9. The normalized spacial score (nSPS) is 13.9. The Hall–Kier alpha value is -2.22. The van der Waals surface area contributed by atoms with Crippen molar-refractivity contribution in [2.45, 2.75) is 19.8 Å². The van der Waals surface area contributed by atoms with E-state index >= 15 is 0 Å². The summed E-state index contributed by atoms with van der Waals surface area (Å²) >= 11 is 3.36. The standard InChI is InChI=1S/C15H17BrN4O3/c1-9-7-10(16)3-4-11(9)17-14(22)8-20(2)15(23)12-5-6-13(21)19-18-12/h3-4,7H,5-6,8H2,1-2H3,(H,17,22)(H,19,21). The fourth-order valence-electron chi connectivity index (χ4n) is 2.09. The molecule has 0 aliphatic carbocycles. The average molecular weight is 381 g/mol. The first kappa shape index (κ1) is 17.1. The Morgan fingerprint density at radius 3 is 2.74 bits per heavy atom. The molecule has 1 aliphatic heterocycles. The number of nitrogens with zero attached hydrogens (tertiary/aromatic N) is 2. The minimum absolute atomic E-state index is 0.0959. The van der Waals surface area contributed by atoms with E-state index in [9.17, 15) is 14.4 Å². The quantitative estimate of drug-likeness (QED) is 0.827. The zero-order chi connectivity index (χ0) is 17.0. The third-order valence-corrected chi connectivity index (χ3v) is 3.83. The van der Waals surface area contributed by atoms with Crippen LogP contribution in [0.25, 0.3) is 0 Å². The van der Waals surface area contributed by atoms with Gasteiger partial charge in [-0.15, -0.1) is 0 Å². The molecule has 1 aliphatic rings. The number of rotatable bonds is 4. The second kappa shape index (κ2) is 7.36. The molecule has 0 saturated carbocycles. The van der Waals surface area contributed by atoms with Gasteiger partial charge >= 0.3 is 0 Å². The molecule has 0 saturated heterocycles. The van der Waals surface area contributed by atoms with Crippen LogP contribution < -0.4 is 10.7 Å². The smallest absolute Gasteiger partial charge is 0.270 e. The molecule has 0 bridgehead atoms. The van der Waals surface area contributed by atoms with Crippen molar-refractivity contribution in [2.75, 3.05) is 18.9 Å². The molecule has 0 unspecified atom stereocenters. The van der Waals surface area contributed by atoms with Gasteiger partial charge in [-0.3, -0.25) is 14.4 Å². The summed E-state index contributed by atoms with van der Waals surface area (Å²) in [5.41, 5.74) is 4.13. The highest BCUT2D eigenvalue weighted by Crippen LogP contribution is 2.19. The van der Waals surface area contributed by atoms with E-state index in [-0.39, 0.29) is 42.8 Å². The highest BCUT2D eigenvalue weighted by molar-refractivity contribution is 9.10. The highest BCUT2D eigenvalue weighted by atomic mass is 79.9. The van der Waals surface area contributed by atoms with Gasteiger partial charge in [-0.2, -0.15) is 5.10 Å². The minimum atomic E-state index is -0.368. The summed E-state index contributed by atoms with van der Waals surface area (Å²) in [6, 6.07) is 5.51. The number of aryl methyl sites for hydroxylation is 1. The van der Waals surface area contributed by atoms with Crippen LogP contribution in [-0.4, -0.2) is 41.9 Å². The van der Waals surface area contributed by atoms with Gasteiger partial charge in [-0.1, -0.05) is 15.9 Å². The summed E-state index contributed by atoms with van der Waals surface area (Å²) in [4.78, 5) is 36.5. The van der Waals surface area contributed by atoms with Gasteiger partial charge in [0.05, 0.1) is 6.54 Å². The molecular weight excluding hydrogens is 364 g/mol. The summed E-state index contributed by atoms with van der Waals surface area (Å²) in [6.45, 7) is 1.79. The molecule has 7 nitrogen and oxygen atoms in total. The second-order valence-corrected chi connectivity index (χ2v) is 6.18. The molecule has 122 valence electrons. The van der Waals surface area contributed by atoms with Gasteiger partial charge < -0.3 is 10.2 Å². The summed E-state index contributed by atoms with van der Waals surface area (Å²) in [6.07, 6.45) is 0.505. The maximum absolute atomic E-state index is 12.2. The van der Waals surface area contributed by atoms with Gasteiger partial charge in [-0.25, -0.2) is 5.43 Å². The number of hydrogen-bond acceptors (Lipinski definition) is 4. The maximum Gasteiger partial charge on any atom is 0.270 e. The van der Waals surface area contributed by atoms with Crippen molar-refractivity contribution in [1.29, 1.82) is 0 Å². The molecule has 23 heavy (non-hydrogen) atoms. The maximum atomic E-state index is 12.2. The molecule has 0 fully saturated rings. The Morgan fingerprint density at radius 1 is 1.39 bits per heavy atom. The van der Waals surface area contributed by atoms with E-state index in [1.807, 2.05) is 19.1 Å². The highest BCUT2D eigenvalue weighted by Gasteiger charge is 2.22. The van der Waals surface area contributed by atoms with E-state index in [1.165, 1.54) is 11.9 Å². The van der Waals surface area contributed by atoms with Gasteiger partial charge in [-0.05, 0) is 30.7 Å². The Balaban J connectivity index is 1.94. The van der Waals surface area contributed by atoms with Crippen LogP contribution in [0, 0.1) is 6.92 Å². The third-order valence-electron chi connectivity index (χ3n) is 3.34. The van der Waals surface area contributed by atoms with Crippen molar-refractivity contribution < 1.29 is 14.4 Å². The van der Waals surface area contributed by atoms with E-state index in [2.05, 4.69) is 31.8 Å². The van der Waals surface area contributed by atoms with Crippen LogP contribution in [0.5, 0.6) is 0 Å². The Labute approximate surface area is 142 Å². The van der Waals surface area contributed by atoms with Gasteiger partial charge in [0, 0.05) is 30.0 Å². The van der Waals surface area contributed by atoms with Crippen molar-refractivity contribution in [3.05, 3.63) is 28.2 Å². The zero-order valence-corrected chi connectivity index (χ0v) is 14.4. The van der Waals surface area contributed by atoms with Gasteiger partial charge in [0.25, 0.3) is 5.91 Å². The lowest BCUT2D eigenvalue weighted by Gasteiger charge is -2.19. The number of likely N-dealkylation sites (N-methyl/N-ethyl adjacent to an activating group) is 1. The number of carbonyl (C=O) groups excluding carboxylic acids is 3. The van der Waals surface area contributed by atoms with Crippen LogP contribution in [0.3, 0.4) is 0 Å². The van der Waals surface area contributed by atoms with E-state index in [0.29, 0.717) is 5.69 Å². The van der Waals surface area contributed by atoms with Crippen LogP contribution in [-0.2, 0) is 14.4 Å². The van der Waals surface area contributed by atoms with Gasteiger partial charge in [0.15, 0.2) is 0 Å². The molecule has 0 spiro atoms. The van der Waals surface area contributed by atoms with Crippen molar-refractivity contribution in [3.8, 4) is 0 Å². The predicted octanol–water partition coefficient (Wildman–Crippen LogP) is 1.42. The molecule has 1 aromatic rings. The van der Waals surface area contributed by atoms with Crippen LogP contribution in [0.15, 0.2) is 27.8 Å². The molecule has 8 heteroatoms. The number of hydrogen-bond donors (Lipinski definition) is 2. The molecule has 1 aromatic carbocycles. The van der Waals surface area contributed by atoms with Crippen molar-refractivity contribution >= 4 is 45.1 Å². The lowest BCUT2D eigenvalue weighted by Crippen LogP contribution is -2.41. The number of benzene rings is 1. The number of halogens is 1. The Kier molecular flexibility index (Phi) is 5.49. The lowest BCUT2D eigenvalue weighted by molar-refractivity contribution is -0.128. The van der Waals surface area contributed by atoms with Crippen LogP contribution in [0.2, 0.25) is 0 Å². The Morgan fingerprint density at radius 2 is 2.13 bits per heavy atom. The van der Waals surface area contributed by atoms with Gasteiger partial charge in [0.1, 0.15) is 5.71 Å². The van der Waals surface area contributed by atoms with Crippen LogP contribution in [0.4, 0.5) is 5.69 Å². The molecule has 0 atom stereocenters. The number of carbonyl (C=O) groups is 3. The summed E-state index contributed by atoms with van der Waals surface area (Å²) in [5, 5.41) is 6.51. The van der Waals surface area contributed by atoms with Crippen LogP contribution >= 0.6 is 15.9 Å². The third kappa shape index (κ3) is 4.62. The first-order valence-corrected chi connectivity index (χ1v) is 7.83. The summed E-state index contributed by atoms with van der Waals surface area (Å²) in [5.74, 6) is -0.882. The predicted molar refractivity (Wildman–Crippen MR) is 90.0 cm³/mol. The first-order valence-electron chi connectivity index (χ1n) is 7.03. The molecule has 1 heterocycles. The number of hydrazone groups is 1. The SMILES string of the molecule is Cc1cc(Br)ccc1NC(=O)CN(C)C(=O)C1=NNC(=O)CC1. The topological polar surface area (TPSA) is 90.9 Å². The second-order valence-electron chi connectivity index (χ2n) is 5.26. The fourth-order valence-corrected chi connectivity index (χ4v) is 2.57. The Bertz CT molecular complexity index is 687. The van der Waals surface area contributed by atoms with E-state index < -0.39 is 0 Å². The minimum Gasteiger partial charge on any atom is -0.331 e. The summed E-state index contributed by atoms with van der Waals surface area (Å²) in [7, 11) is 1.52. The van der Waals surface area contributed by atoms with E-state index in [4.69, 9.17) is 0 Å². The fraction of sp³-hybridized carbons (Fsp3) is 0.333. The number of anilines is 1. The molecule has 0 radical (unpaired) electrons. The zero-order valence-electron chi connectivity index (χ0n) is 12.9. The van der Waals surface area contributed by atoms with Gasteiger partial charge in [0.2, 0.25) is 11.8 Å². The molecular formula is C15H17BrN4O3. The molecule has 0 aromatic heterocycles. The van der Waals surface area contributed by atoms with Crippen molar-refractivity contribution in [3.63, 3.8) is 0 Å². The molecule has 2 N–H and O–H groups in total.